The summed E-state index contributed by atoms with van der Waals surface area (Å²) in [6.07, 6.45) is 3.73. The molecule has 0 fully saturated rings. The standard InChI is InChI=1S/C12H19NOS/c1-13(2)7-5-10-4-3-8-14-11-6-9-15-12(10)11/h6,9-10H,3-5,7-8H2,1-2H3. The quantitative estimate of drug-likeness (QED) is 0.784. The maximum atomic E-state index is 5.72. The molecule has 0 radical (unpaired) electrons. The molecule has 0 spiro atoms. The molecule has 3 heteroatoms. The second kappa shape index (κ2) is 4.99. The molecule has 0 N–H and O–H groups in total. The Balaban J connectivity index is 2.05. The van der Waals surface area contributed by atoms with Gasteiger partial charge in [0.15, 0.2) is 0 Å². The van der Waals surface area contributed by atoms with Crippen molar-refractivity contribution in [2.24, 2.45) is 0 Å². The first kappa shape index (κ1) is 11.0. The maximum absolute atomic E-state index is 5.72. The Kier molecular flexibility index (Phi) is 3.65. The lowest BCUT2D eigenvalue weighted by Gasteiger charge is -2.16. The first-order valence-electron chi connectivity index (χ1n) is 5.62. The highest BCUT2D eigenvalue weighted by molar-refractivity contribution is 7.10. The summed E-state index contributed by atoms with van der Waals surface area (Å²) >= 11 is 1.85. The van der Waals surface area contributed by atoms with Gasteiger partial charge in [0.2, 0.25) is 0 Å². The maximum Gasteiger partial charge on any atom is 0.133 e. The molecule has 1 aromatic heterocycles. The van der Waals surface area contributed by atoms with Crippen LogP contribution in [0.15, 0.2) is 11.4 Å². The lowest BCUT2D eigenvalue weighted by atomic mass is 9.98. The Morgan fingerprint density at radius 1 is 1.53 bits per heavy atom. The third-order valence-corrected chi connectivity index (χ3v) is 3.97. The summed E-state index contributed by atoms with van der Waals surface area (Å²) in [6, 6.07) is 2.12. The zero-order valence-electron chi connectivity index (χ0n) is 9.53. The van der Waals surface area contributed by atoms with Gasteiger partial charge in [0.25, 0.3) is 0 Å². The Labute approximate surface area is 95.9 Å². The van der Waals surface area contributed by atoms with Gasteiger partial charge in [-0.15, -0.1) is 11.3 Å². The molecular formula is C12H19NOS. The van der Waals surface area contributed by atoms with Crippen LogP contribution in [0.2, 0.25) is 0 Å². The predicted molar refractivity (Wildman–Crippen MR) is 65.0 cm³/mol. The van der Waals surface area contributed by atoms with Crippen molar-refractivity contribution in [2.45, 2.75) is 25.2 Å². The Hall–Kier alpha value is -0.540. The van der Waals surface area contributed by atoms with Crippen LogP contribution in [0.4, 0.5) is 0 Å². The van der Waals surface area contributed by atoms with E-state index >= 15 is 0 Å². The van der Waals surface area contributed by atoms with Gasteiger partial charge in [-0.05, 0) is 57.3 Å². The van der Waals surface area contributed by atoms with Crippen LogP contribution in [0.5, 0.6) is 5.75 Å². The molecule has 2 rings (SSSR count). The van der Waals surface area contributed by atoms with Crippen molar-refractivity contribution in [3.63, 3.8) is 0 Å². The highest BCUT2D eigenvalue weighted by Gasteiger charge is 2.20. The van der Waals surface area contributed by atoms with Crippen LogP contribution in [-0.2, 0) is 0 Å². The van der Waals surface area contributed by atoms with E-state index in [1.165, 1.54) is 30.7 Å². The molecule has 1 aromatic rings. The van der Waals surface area contributed by atoms with E-state index in [1.807, 2.05) is 11.3 Å². The molecule has 1 atom stereocenters. The van der Waals surface area contributed by atoms with Crippen LogP contribution in [0.3, 0.4) is 0 Å². The normalized spacial score (nSPS) is 20.9. The molecule has 0 saturated heterocycles. The van der Waals surface area contributed by atoms with Crippen molar-refractivity contribution >= 4 is 11.3 Å². The summed E-state index contributed by atoms with van der Waals surface area (Å²) in [5.74, 6) is 1.85. The van der Waals surface area contributed by atoms with Gasteiger partial charge >= 0.3 is 0 Å². The molecule has 1 aliphatic heterocycles. The summed E-state index contributed by atoms with van der Waals surface area (Å²) in [5, 5.41) is 2.15. The topological polar surface area (TPSA) is 12.5 Å². The fourth-order valence-electron chi connectivity index (χ4n) is 2.06. The number of thiophene rings is 1. The number of nitrogens with zero attached hydrogens (tertiary/aromatic N) is 1. The van der Waals surface area contributed by atoms with Crippen LogP contribution >= 0.6 is 11.3 Å². The molecule has 2 nitrogen and oxygen atoms in total. The van der Waals surface area contributed by atoms with Crippen LogP contribution in [-0.4, -0.2) is 32.1 Å². The predicted octanol–water partition coefficient (Wildman–Crippen LogP) is 2.96. The summed E-state index contributed by atoms with van der Waals surface area (Å²) in [4.78, 5) is 3.73. The fraction of sp³-hybridized carbons (Fsp3) is 0.667. The van der Waals surface area contributed by atoms with Gasteiger partial charge in [-0.25, -0.2) is 0 Å². The summed E-state index contributed by atoms with van der Waals surface area (Å²) < 4.78 is 5.72. The average molecular weight is 225 g/mol. The van der Waals surface area contributed by atoms with Gasteiger partial charge in [-0.3, -0.25) is 0 Å². The van der Waals surface area contributed by atoms with Gasteiger partial charge in [-0.1, -0.05) is 0 Å². The smallest absolute Gasteiger partial charge is 0.133 e. The van der Waals surface area contributed by atoms with Crippen molar-refractivity contribution in [3.8, 4) is 5.75 Å². The van der Waals surface area contributed by atoms with E-state index in [0.717, 1.165) is 12.4 Å². The molecule has 0 saturated carbocycles. The highest BCUT2D eigenvalue weighted by atomic mass is 32.1. The average Bonchev–Trinajstić information content (AvgIpc) is 2.57. The largest absolute Gasteiger partial charge is 0.492 e. The van der Waals surface area contributed by atoms with Crippen molar-refractivity contribution < 1.29 is 4.74 Å². The van der Waals surface area contributed by atoms with Crippen molar-refractivity contribution in [3.05, 3.63) is 16.3 Å². The van der Waals surface area contributed by atoms with E-state index < -0.39 is 0 Å². The number of hydrogen-bond acceptors (Lipinski definition) is 3. The molecule has 0 aromatic carbocycles. The monoisotopic (exact) mass is 225 g/mol. The van der Waals surface area contributed by atoms with Crippen molar-refractivity contribution in [1.29, 1.82) is 0 Å². The summed E-state index contributed by atoms with van der Waals surface area (Å²) in [5.41, 5.74) is 0. The molecule has 15 heavy (non-hydrogen) atoms. The summed E-state index contributed by atoms with van der Waals surface area (Å²) in [7, 11) is 4.28. The zero-order valence-corrected chi connectivity index (χ0v) is 10.3. The number of ether oxygens (including phenoxy) is 1. The molecule has 84 valence electrons. The van der Waals surface area contributed by atoms with Gasteiger partial charge in [0.1, 0.15) is 5.75 Å². The van der Waals surface area contributed by atoms with E-state index in [-0.39, 0.29) is 0 Å². The molecule has 2 heterocycles. The summed E-state index contributed by atoms with van der Waals surface area (Å²) in [6.45, 7) is 2.06. The van der Waals surface area contributed by atoms with Gasteiger partial charge in [-0.2, -0.15) is 0 Å². The van der Waals surface area contributed by atoms with E-state index in [0.29, 0.717) is 5.92 Å². The molecule has 0 bridgehead atoms. The minimum atomic E-state index is 0.713. The highest BCUT2D eigenvalue weighted by Crippen LogP contribution is 2.39. The Morgan fingerprint density at radius 3 is 3.20 bits per heavy atom. The molecule has 0 aliphatic carbocycles. The second-order valence-corrected chi connectivity index (χ2v) is 5.38. The van der Waals surface area contributed by atoms with E-state index in [4.69, 9.17) is 4.74 Å². The first-order chi connectivity index (χ1) is 7.27. The van der Waals surface area contributed by atoms with Gasteiger partial charge < -0.3 is 9.64 Å². The Morgan fingerprint density at radius 2 is 2.40 bits per heavy atom. The molecule has 0 amide bonds. The molecule has 1 aliphatic rings. The van der Waals surface area contributed by atoms with E-state index in [9.17, 15) is 0 Å². The van der Waals surface area contributed by atoms with Crippen molar-refractivity contribution in [2.75, 3.05) is 27.2 Å². The Bertz CT molecular complexity index is 308. The molecular weight excluding hydrogens is 206 g/mol. The zero-order chi connectivity index (χ0) is 10.7. The fourth-order valence-corrected chi connectivity index (χ4v) is 3.07. The second-order valence-electron chi connectivity index (χ2n) is 4.43. The minimum Gasteiger partial charge on any atom is -0.492 e. The van der Waals surface area contributed by atoms with Gasteiger partial charge in [0, 0.05) is 4.88 Å². The third kappa shape index (κ3) is 2.73. The number of fused-ring (bicyclic) bond motifs is 1. The lowest BCUT2D eigenvalue weighted by Crippen LogP contribution is -2.15. The van der Waals surface area contributed by atoms with Crippen molar-refractivity contribution in [1.82, 2.24) is 4.90 Å². The van der Waals surface area contributed by atoms with Crippen LogP contribution < -0.4 is 4.74 Å². The number of rotatable bonds is 3. The van der Waals surface area contributed by atoms with Gasteiger partial charge in [0.05, 0.1) is 6.61 Å². The number of hydrogen-bond donors (Lipinski definition) is 0. The van der Waals surface area contributed by atoms with E-state index in [2.05, 4.69) is 30.4 Å². The van der Waals surface area contributed by atoms with E-state index in [1.54, 1.807) is 0 Å². The van der Waals surface area contributed by atoms with Crippen LogP contribution in [0.25, 0.3) is 0 Å². The molecule has 1 unspecified atom stereocenters. The third-order valence-electron chi connectivity index (χ3n) is 2.91. The lowest BCUT2D eigenvalue weighted by molar-refractivity contribution is 0.315. The SMILES string of the molecule is CN(C)CCC1CCCOc2ccsc21. The first-order valence-corrected chi connectivity index (χ1v) is 6.50. The minimum absolute atomic E-state index is 0.713. The van der Waals surface area contributed by atoms with Crippen LogP contribution in [0.1, 0.15) is 30.1 Å². The van der Waals surface area contributed by atoms with Crippen LogP contribution in [0, 0.1) is 0 Å².